The summed E-state index contributed by atoms with van der Waals surface area (Å²) < 4.78 is 1.02. The average Bonchev–Trinajstić information content (AvgIpc) is 2.43. The van der Waals surface area contributed by atoms with Gasteiger partial charge in [-0.15, -0.1) is 0 Å². The number of halogens is 1. The zero-order valence-electron chi connectivity index (χ0n) is 11.6. The van der Waals surface area contributed by atoms with Gasteiger partial charge in [0.05, 0.1) is 23.1 Å². The van der Waals surface area contributed by atoms with Crippen LogP contribution in [-0.2, 0) is 0 Å². The predicted molar refractivity (Wildman–Crippen MR) is 88.1 cm³/mol. The molecule has 0 radical (unpaired) electrons. The van der Waals surface area contributed by atoms with Gasteiger partial charge in [0.25, 0.3) is 0 Å². The van der Waals surface area contributed by atoms with Crippen LogP contribution < -0.4 is 10.6 Å². The summed E-state index contributed by atoms with van der Waals surface area (Å²) in [5.41, 5.74) is 8.78. The largest absolute Gasteiger partial charge is 0.396 e. The van der Waals surface area contributed by atoms with E-state index in [1.807, 2.05) is 19.2 Å². The van der Waals surface area contributed by atoms with Crippen molar-refractivity contribution in [1.29, 1.82) is 0 Å². The number of fused-ring (bicyclic) bond motifs is 1. The second-order valence-electron chi connectivity index (χ2n) is 4.93. The third-order valence-electron chi connectivity index (χ3n) is 3.36. The molecule has 0 aliphatic carbocycles. The summed E-state index contributed by atoms with van der Waals surface area (Å²) in [7, 11) is 2.05. The number of hydrogen-bond donors (Lipinski definition) is 2. The number of aliphatic hydroxyl groups is 1. The maximum Gasteiger partial charge on any atom is 0.0745 e. The molecule has 0 fully saturated rings. The number of pyridine rings is 1. The number of rotatable bonds is 6. The molecule has 1 aromatic heterocycles. The van der Waals surface area contributed by atoms with Crippen LogP contribution in [0.4, 0.5) is 11.4 Å². The first-order chi connectivity index (χ1) is 9.63. The van der Waals surface area contributed by atoms with Crippen molar-refractivity contribution in [3.05, 3.63) is 28.9 Å². The van der Waals surface area contributed by atoms with Crippen molar-refractivity contribution in [3.8, 4) is 0 Å². The van der Waals surface area contributed by atoms with E-state index >= 15 is 0 Å². The lowest BCUT2D eigenvalue weighted by molar-refractivity contribution is 0.283. The van der Waals surface area contributed by atoms with Gasteiger partial charge in [-0.25, -0.2) is 0 Å². The lowest BCUT2D eigenvalue weighted by Crippen LogP contribution is -2.20. The highest BCUT2D eigenvalue weighted by Crippen LogP contribution is 2.32. The summed E-state index contributed by atoms with van der Waals surface area (Å²) in [4.78, 5) is 6.54. The molecule has 4 nitrogen and oxygen atoms in total. The summed E-state index contributed by atoms with van der Waals surface area (Å²) in [6.45, 7) is 1.17. The SMILES string of the molecule is CN(CCCCCO)c1c(N)cnc2ccc(Br)cc12. The number of nitrogens with zero attached hydrogens (tertiary/aromatic N) is 2. The van der Waals surface area contributed by atoms with Crippen molar-refractivity contribution >= 4 is 38.2 Å². The lowest BCUT2D eigenvalue weighted by atomic mass is 10.1. The fraction of sp³-hybridized carbons (Fsp3) is 0.400. The van der Waals surface area contributed by atoms with Crippen LogP contribution in [-0.4, -0.2) is 30.3 Å². The molecule has 0 bridgehead atoms. The van der Waals surface area contributed by atoms with Gasteiger partial charge in [-0.05, 0) is 37.5 Å². The van der Waals surface area contributed by atoms with Crippen molar-refractivity contribution in [3.63, 3.8) is 0 Å². The van der Waals surface area contributed by atoms with Gasteiger partial charge in [-0.2, -0.15) is 0 Å². The third-order valence-corrected chi connectivity index (χ3v) is 3.86. The molecule has 0 unspecified atom stereocenters. The van der Waals surface area contributed by atoms with E-state index in [1.54, 1.807) is 6.20 Å². The Morgan fingerprint density at radius 1 is 1.30 bits per heavy atom. The molecule has 1 aromatic carbocycles. The quantitative estimate of drug-likeness (QED) is 0.794. The molecule has 0 atom stereocenters. The van der Waals surface area contributed by atoms with E-state index in [0.29, 0.717) is 5.69 Å². The first-order valence-corrected chi connectivity index (χ1v) is 7.58. The van der Waals surface area contributed by atoms with Gasteiger partial charge < -0.3 is 15.7 Å². The van der Waals surface area contributed by atoms with Crippen LogP contribution in [0, 0.1) is 0 Å². The monoisotopic (exact) mass is 337 g/mol. The van der Waals surface area contributed by atoms with Crippen LogP contribution in [0.2, 0.25) is 0 Å². The summed E-state index contributed by atoms with van der Waals surface area (Å²) in [6, 6.07) is 6.02. The first kappa shape index (κ1) is 15.1. The van der Waals surface area contributed by atoms with Crippen LogP contribution >= 0.6 is 15.9 Å². The number of nitrogens with two attached hydrogens (primary N) is 1. The van der Waals surface area contributed by atoms with Crippen LogP contribution in [0.15, 0.2) is 28.9 Å². The average molecular weight is 338 g/mol. The highest BCUT2D eigenvalue weighted by molar-refractivity contribution is 9.10. The fourth-order valence-corrected chi connectivity index (χ4v) is 2.70. The minimum absolute atomic E-state index is 0.261. The second kappa shape index (κ2) is 6.90. The number of aromatic nitrogens is 1. The molecule has 0 aliphatic heterocycles. The van der Waals surface area contributed by atoms with Crippen molar-refractivity contribution in [2.75, 3.05) is 30.8 Å². The molecule has 2 aromatic rings. The van der Waals surface area contributed by atoms with Crippen molar-refractivity contribution in [2.45, 2.75) is 19.3 Å². The molecular weight excluding hydrogens is 318 g/mol. The standard InChI is InChI=1S/C15H20BrN3O/c1-19(7-3-2-4-8-20)15-12-9-11(16)5-6-14(12)18-10-13(15)17/h5-6,9-10,20H,2-4,7-8,17H2,1H3. The van der Waals surface area contributed by atoms with Gasteiger partial charge in [-0.3, -0.25) is 4.98 Å². The Morgan fingerprint density at radius 3 is 2.85 bits per heavy atom. The Bertz CT molecular complexity index is 583. The molecular formula is C15H20BrN3O. The van der Waals surface area contributed by atoms with Gasteiger partial charge in [0.2, 0.25) is 0 Å². The van der Waals surface area contributed by atoms with Gasteiger partial charge in [-0.1, -0.05) is 15.9 Å². The maximum atomic E-state index is 8.82. The topological polar surface area (TPSA) is 62.4 Å². The summed E-state index contributed by atoms with van der Waals surface area (Å²) in [6.07, 6.45) is 4.63. The van der Waals surface area contributed by atoms with Crippen molar-refractivity contribution in [2.24, 2.45) is 0 Å². The maximum absolute atomic E-state index is 8.82. The number of unbranched alkanes of at least 4 members (excludes halogenated alkanes) is 2. The molecule has 0 spiro atoms. The third kappa shape index (κ3) is 3.41. The fourth-order valence-electron chi connectivity index (χ4n) is 2.34. The summed E-state index contributed by atoms with van der Waals surface area (Å²) in [5, 5.41) is 9.88. The second-order valence-corrected chi connectivity index (χ2v) is 5.85. The molecule has 0 amide bonds. The number of hydrogen-bond acceptors (Lipinski definition) is 4. The predicted octanol–water partition coefficient (Wildman–Crippen LogP) is 3.18. The van der Waals surface area contributed by atoms with Gasteiger partial charge in [0, 0.05) is 30.1 Å². The minimum atomic E-state index is 0.261. The Hall–Kier alpha value is -1.33. The van der Waals surface area contributed by atoms with Crippen LogP contribution in [0.5, 0.6) is 0 Å². The Morgan fingerprint density at radius 2 is 2.10 bits per heavy atom. The smallest absolute Gasteiger partial charge is 0.0745 e. The first-order valence-electron chi connectivity index (χ1n) is 6.79. The molecule has 2 rings (SSSR count). The van der Waals surface area contributed by atoms with E-state index in [2.05, 4.69) is 31.9 Å². The van der Waals surface area contributed by atoms with Crippen molar-refractivity contribution in [1.82, 2.24) is 4.98 Å². The zero-order chi connectivity index (χ0) is 14.5. The molecule has 20 heavy (non-hydrogen) atoms. The minimum Gasteiger partial charge on any atom is -0.396 e. The molecule has 108 valence electrons. The number of nitrogen functional groups attached to an aromatic ring is 1. The van der Waals surface area contributed by atoms with Crippen LogP contribution in [0.25, 0.3) is 10.9 Å². The normalized spacial score (nSPS) is 10.9. The van der Waals surface area contributed by atoms with Crippen LogP contribution in [0.1, 0.15) is 19.3 Å². The summed E-state index contributed by atoms with van der Waals surface area (Å²) >= 11 is 3.50. The Kier molecular flexibility index (Phi) is 5.20. The highest BCUT2D eigenvalue weighted by Gasteiger charge is 2.11. The van der Waals surface area contributed by atoms with Crippen molar-refractivity contribution < 1.29 is 5.11 Å². The summed E-state index contributed by atoms with van der Waals surface area (Å²) in [5.74, 6) is 0. The zero-order valence-corrected chi connectivity index (χ0v) is 13.2. The van der Waals surface area contributed by atoms with E-state index in [-0.39, 0.29) is 6.61 Å². The lowest BCUT2D eigenvalue weighted by Gasteiger charge is -2.22. The van der Waals surface area contributed by atoms with E-state index in [1.165, 1.54) is 0 Å². The molecule has 0 saturated carbocycles. The Balaban J connectivity index is 2.27. The van der Waals surface area contributed by atoms with E-state index in [9.17, 15) is 0 Å². The van der Waals surface area contributed by atoms with Crippen LogP contribution in [0.3, 0.4) is 0 Å². The van der Waals surface area contributed by atoms with E-state index in [0.717, 1.165) is 46.9 Å². The number of benzene rings is 1. The molecule has 1 heterocycles. The van der Waals surface area contributed by atoms with Gasteiger partial charge in [0.1, 0.15) is 0 Å². The van der Waals surface area contributed by atoms with E-state index < -0.39 is 0 Å². The van der Waals surface area contributed by atoms with E-state index in [4.69, 9.17) is 10.8 Å². The number of anilines is 2. The number of aliphatic hydroxyl groups excluding tert-OH is 1. The molecule has 0 aliphatic rings. The molecule has 3 N–H and O–H groups in total. The Labute approximate surface area is 127 Å². The molecule has 5 heteroatoms. The van der Waals surface area contributed by atoms with Gasteiger partial charge in [0.15, 0.2) is 0 Å². The molecule has 0 saturated heterocycles. The van der Waals surface area contributed by atoms with Gasteiger partial charge >= 0.3 is 0 Å². The highest BCUT2D eigenvalue weighted by atomic mass is 79.9.